The van der Waals surface area contributed by atoms with Crippen molar-refractivity contribution in [2.45, 2.75) is 60.0 Å². The van der Waals surface area contributed by atoms with E-state index in [-0.39, 0.29) is 0 Å². The van der Waals surface area contributed by atoms with E-state index in [4.69, 9.17) is 0 Å². The van der Waals surface area contributed by atoms with Gasteiger partial charge in [-0.25, -0.2) is 0 Å². The summed E-state index contributed by atoms with van der Waals surface area (Å²) in [7, 11) is 0. The summed E-state index contributed by atoms with van der Waals surface area (Å²) in [6.45, 7) is 12.8. The second-order valence-electron chi connectivity index (χ2n) is 4.34. The molecular formula is C13H25N3. The Morgan fingerprint density at radius 3 is 2.31 bits per heavy atom. The Kier molecular flexibility index (Phi) is 5.00. The fourth-order valence-corrected chi connectivity index (χ4v) is 2.19. The van der Waals surface area contributed by atoms with E-state index in [0.29, 0.717) is 6.04 Å². The number of hydrogen-bond acceptors (Lipinski definition) is 2. The standard InChI is InChI=1S/C13H25N3/c1-6-12(7-2)16-11(5)13(9-14-8-3)10(4)15-16/h12,14H,6-9H2,1-5H3. The molecule has 16 heavy (non-hydrogen) atoms. The summed E-state index contributed by atoms with van der Waals surface area (Å²) in [6, 6.07) is 0.550. The first kappa shape index (κ1) is 13.2. The van der Waals surface area contributed by atoms with E-state index in [1.807, 2.05) is 0 Å². The van der Waals surface area contributed by atoms with E-state index >= 15 is 0 Å². The van der Waals surface area contributed by atoms with Crippen LogP contribution in [-0.4, -0.2) is 16.3 Å². The minimum atomic E-state index is 0.550. The van der Waals surface area contributed by atoms with Gasteiger partial charge < -0.3 is 5.32 Å². The minimum Gasteiger partial charge on any atom is -0.313 e. The Balaban J connectivity index is 2.95. The third-order valence-electron chi connectivity index (χ3n) is 3.32. The molecule has 1 rings (SSSR count). The van der Waals surface area contributed by atoms with Crippen LogP contribution in [0.4, 0.5) is 0 Å². The van der Waals surface area contributed by atoms with Crippen molar-refractivity contribution in [2.75, 3.05) is 6.54 Å². The lowest BCUT2D eigenvalue weighted by Gasteiger charge is -2.15. The van der Waals surface area contributed by atoms with Gasteiger partial charge in [-0.3, -0.25) is 4.68 Å². The van der Waals surface area contributed by atoms with Gasteiger partial charge in [0.15, 0.2) is 0 Å². The van der Waals surface area contributed by atoms with Gasteiger partial charge in [0.05, 0.1) is 11.7 Å². The van der Waals surface area contributed by atoms with Crippen LogP contribution in [0.5, 0.6) is 0 Å². The summed E-state index contributed by atoms with van der Waals surface area (Å²) in [4.78, 5) is 0. The molecule has 0 radical (unpaired) electrons. The van der Waals surface area contributed by atoms with Crippen molar-refractivity contribution in [1.82, 2.24) is 15.1 Å². The lowest BCUT2D eigenvalue weighted by Crippen LogP contribution is -2.14. The normalized spacial score (nSPS) is 11.4. The van der Waals surface area contributed by atoms with Gasteiger partial charge in [-0.05, 0) is 33.2 Å². The minimum absolute atomic E-state index is 0.550. The van der Waals surface area contributed by atoms with Crippen LogP contribution in [0.3, 0.4) is 0 Å². The Hall–Kier alpha value is -0.830. The van der Waals surface area contributed by atoms with Crippen LogP contribution in [0.15, 0.2) is 0 Å². The van der Waals surface area contributed by atoms with Crippen LogP contribution in [0.25, 0.3) is 0 Å². The second-order valence-corrected chi connectivity index (χ2v) is 4.34. The summed E-state index contributed by atoms with van der Waals surface area (Å²) in [5, 5.41) is 8.06. The first-order chi connectivity index (χ1) is 7.65. The third-order valence-corrected chi connectivity index (χ3v) is 3.32. The summed E-state index contributed by atoms with van der Waals surface area (Å²) >= 11 is 0. The van der Waals surface area contributed by atoms with Crippen LogP contribution in [0.1, 0.15) is 56.6 Å². The number of rotatable bonds is 6. The maximum absolute atomic E-state index is 4.68. The molecule has 3 nitrogen and oxygen atoms in total. The molecule has 92 valence electrons. The number of hydrogen-bond donors (Lipinski definition) is 1. The molecule has 1 aromatic rings. The van der Waals surface area contributed by atoms with Crippen molar-refractivity contribution >= 4 is 0 Å². The van der Waals surface area contributed by atoms with Gasteiger partial charge in [-0.15, -0.1) is 0 Å². The van der Waals surface area contributed by atoms with Gasteiger partial charge in [0.1, 0.15) is 0 Å². The quantitative estimate of drug-likeness (QED) is 0.803. The van der Waals surface area contributed by atoms with Gasteiger partial charge in [-0.2, -0.15) is 5.10 Å². The Morgan fingerprint density at radius 2 is 1.81 bits per heavy atom. The summed E-state index contributed by atoms with van der Waals surface area (Å²) in [6.07, 6.45) is 2.30. The van der Waals surface area contributed by atoms with Crippen molar-refractivity contribution in [3.05, 3.63) is 17.0 Å². The largest absolute Gasteiger partial charge is 0.313 e. The average molecular weight is 223 g/mol. The maximum atomic E-state index is 4.68. The monoisotopic (exact) mass is 223 g/mol. The van der Waals surface area contributed by atoms with Crippen molar-refractivity contribution in [1.29, 1.82) is 0 Å². The van der Waals surface area contributed by atoms with Crippen LogP contribution in [0, 0.1) is 13.8 Å². The molecule has 1 N–H and O–H groups in total. The third kappa shape index (κ3) is 2.64. The van der Waals surface area contributed by atoms with Gasteiger partial charge in [0.25, 0.3) is 0 Å². The van der Waals surface area contributed by atoms with E-state index in [2.05, 4.69) is 49.7 Å². The maximum Gasteiger partial charge on any atom is 0.0641 e. The highest BCUT2D eigenvalue weighted by molar-refractivity contribution is 5.24. The fourth-order valence-electron chi connectivity index (χ4n) is 2.19. The number of aryl methyl sites for hydroxylation is 1. The molecule has 0 bridgehead atoms. The fraction of sp³-hybridized carbons (Fsp3) is 0.769. The Morgan fingerprint density at radius 1 is 1.19 bits per heavy atom. The highest BCUT2D eigenvalue weighted by Crippen LogP contribution is 2.21. The Labute approximate surface area is 99.2 Å². The number of aromatic nitrogens is 2. The van der Waals surface area contributed by atoms with Crippen molar-refractivity contribution in [3.8, 4) is 0 Å². The highest BCUT2D eigenvalue weighted by Gasteiger charge is 2.15. The molecule has 0 aliphatic rings. The molecule has 0 aliphatic carbocycles. The number of nitrogens with one attached hydrogen (secondary N) is 1. The van der Waals surface area contributed by atoms with Crippen molar-refractivity contribution < 1.29 is 0 Å². The molecule has 3 heteroatoms. The lowest BCUT2D eigenvalue weighted by atomic mass is 10.1. The zero-order valence-corrected chi connectivity index (χ0v) is 11.3. The summed E-state index contributed by atoms with van der Waals surface area (Å²) in [5.41, 5.74) is 3.87. The zero-order valence-electron chi connectivity index (χ0n) is 11.3. The van der Waals surface area contributed by atoms with Crippen LogP contribution < -0.4 is 5.32 Å². The molecule has 0 unspecified atom stereocenters. The van der Waals surface area contributed by atoms with Gasteiger partial charge >= 0.3 is 0 Å². The smallest absolute Gasteiger partial charge is 0.0641 e. The molecule has 1 heterocycles. The number of nitrogens with zero attached hydrogens (tertiary/aromatic N) is 2. The average Bonchev–Trinajstić information content (AvgIpc) is 2.55. The highest BCUT2D eigenvalue weighted by atomic mass is 15.3. The molecule has 0 saturated heterocycles. The molecule has 0 atom stereocenters. The molecule has 0 saturated carbocycles. The van der Waals surface area contributed by atoms with E-state index < -0.39 is 0 Å². The second kappa shape index (κ2) is 6.04. The van der Waals surface area contributed by atoms with Gasteiger partial charge in [0, 0.05) is 17.8 Å². The first-order valence-electron chi connectivity index (χ1n) is 6.40. The summed E-state index contributed by atoms with van der Waals surface area (Å²) in [5.74, 6) is 0. The molecule has 1 aromatic heterocycles. The van der Waals surface area contributed by atoms with Crippen molar-refractivity contribution in [3.63, 3.8) is 0 Å². The van der Waals surface area contributed by atoms with E-state index in [0.717, 1.165) is 25.9 Å². The topological polar surface area (TPSA) is 29.9 Å². The predicted molar refractivity (Wildman–Crippen MR) is 68.7 cm³/mol. The molecule has 0 fully saturated rings. The lowest BCUT2D eigenvalue weighted by molar-refractivity contribution is 0.418. The summed E-state index contributed by atoms with van der Waals surface area (Å²) < 4.78 is 2.21. The van der Waals surface area contributed by atoms with E-state index in [1.54, 1.807) is 0 Å². The van der Waals surface area contributed by atoms with Crippen molar-refractivity contribution in [2.24, 2.45) is 0 Å². The Bertz CT molecular complexity index is 324. The SMILES string of the molecule is CCNCc1c(C)nn(C(CC)CC)c1C. The van der Waals surface area contributed by atoms with Gasteiger partial charge in [-0.1, -0.05) is 20.8 Å². The molecule has 0 aromatic carbocycles. The molecule has 0 amide bonds. The van der Waals surface area contributed by atoms with Crippen LogP contribution in [0.2, 0.25) is 0 Å². The van der Waals surface area contributed by atoms with Crippen LogP contribution >= 0.6 is 0 Å². The molecular weight excluding hydrogens is 198 g/mol. The van der Waals surface area contributed by atoms with Gasteiger partial charge in [0.2, 0.25) is 0 Å². The molecule has 0 aliphatic heterocycles. The van der Waals surface area contributed by atoms with E-state index in [1.165, 1.54) is 17.0 Å². The van der Waals surface area contributed by atoms with E-state index in [9.17, 15) is 0 Å². The predicted octanol–water partition coefficient (Wildman–Crippen LogP) is 2.97. The first-order valence-corrected chi connectivity index (χ1v) is 6.40. The zero-order chi connectivity index (χ0) is 12.1. The molecule has 0 spiro atoms. The van der Waals surface area contributed by atoms with Crippen LogP contribution in [-0.2, 0) is 6.54 Å².